The molecule has 0 bridgehead atoms. The Balaban J connectivity index is 2.55. The number of halogens is 2. The summed E-state index contributed by atoms with van der Waals surface area (Å²) in [6.45, 7) is 5.86. The maximum absolute atomic E-state index is 13.9. The summed E-state index contributed by atoms with van der Waals surface area (Å²) in [5.74, 6) is -1.22. The lowest BCUT2D eigenvalue weighted by atomic mass is 9.93. The highest BCUT2D eigenvalue weighted by Crippen LogP contribution is 2.34. The van der Waals surface area contributed by atoms with Crippen molar-refractivity contribution in [2.24, 2.45) is 7.05 Å². The molecule has 0 amide bonds. The van der Waals surface area contributed by atoms with E-state index in [9.17, 15) is 13.9 Å². The summed E-state index contributed by atoms with van der Waals surface area (Å²) < 4.78 is 28.7. The van der Waals surface area contributed by atoms with E-state index in [1.54, 1.807) is 11.6 Å². The summed E-state index contributed by atoms with van der Waals surface area (Å²) in [6.07, 6.45) is -0.270. The van der Waals surface area contributed by atoms with Gasteiger partial charge in [0.2, 0.25) is 0 Å². The lowest BCUT2D eigenvalue weighted by molar-refractivity contribution is 0.212. The third kappa shape index (κ3) is 2.83. The molecule has 0 radical (unpaired) electrons. The number of aromatic nitrogens is 2. The lowest BCUT2D eigenvalue weighted by Gasteiger charge is -2.17. The molecule has 1 N–H and O–H groups in total. The largest absolute Gasteiger partial charge is 0.383 e. The Morgan fingerprint density at radius 1 is 1.33 bits per heavy atom. The molecule has 1 aromatic carbocycles. The molecule has 0 aliphatic heterocycles. The summed E-state index contributed by atoms with van der Waals surface area (Å²) in [5.41, 5.74) is 2.21. The number of benzene rings is 1. The van der Waals surface area contributed by atoms with Crippen LogP contribution in [0.5, 0.6) is 0 Å². The van der Waals surface area contributed by atoms with Crippen LogP contribution < -0.4 is 0 Å². The Bertz CT molecular complexity index is 652. The van der Waals surface area contributed by atoms with E-state index in [-0.39, 0.29) is 11.5 Å². The number of hydrogen-bond acceptors (Lipinski definition) is 2. The van der Waals surface area contributed by atoms with Gasteiger partial charge in [-0.2, -0.15) is 5.10 Å². The average Bonchev–Trinajstić information content (AvgIpc) is 2.72. The molecular weight excluding hydrogens is 274 g/mol. The van der Waals surface area contributed by atoms with Crippen LogP contribution in [0.3, 0.4) is 0 Å². The fourth-order valence-corrected chi connectivity index (χ4v) is 2.69. The maximum atomic E-state index is 13.9. The molecular formula is C16H20F2N2O. The zero-order valence-corrected chi connectivity index (χ0v) is 12.7. The highest BCUT2D eigenvalue weighted by atomic mass is 19.1. The van der Waals surface area contributed by atoms with Crippen molar-refractivity contribution in [3.63, 3.8) is 0 Å². The first-order valence-electron chi connectivity index (χ1n) is 7.03. The molecule has 21 heavy (non-hydrogen) atoms. The Morgan fingerprint density at radius 2 is 2.00 bits per heavy atom. The highest BCUT2D eigenvalue weighted by molar-refractivity contribution is 5.38. The van der Waals surface area contributed by atoms with Gasteiger partial charge in [-0.3, -0.25) is 4.68 Å². The van der Waals surface area contributed by atoms with Crippen molar-refractivity contribution in [2.75, 3.05) is 0 Å². The number of hydrogen-bond donors (Lipinski definition) is 1. The zero-order chi connectivity index (χ0) is 15.7. The minimum absolute atomic E-state index is 0.0667. The summed E-state index contributed by atoms with van der Waals surface area (Å²) in [6, 6.07) is 3.21. The molecule has 3 nitrogen and oxygen atoms in total. The van der Waals surface area contributed by atoms with Gasteiger partial charge in [0, 0.05) is 29.9 Å². The van der Waals surface area contributed by atoms with E-state index in [0.29, 0.717) is 11.3 Å². The van der Waals surface area contributed by atoms with Gasteiger partial charge in [-0.15, -0.1) is 0 Å². The lowest BCUT2D eigenvalue weighted by Crippen LogP contribution is -2.10. The van der Waals surface area contributed by atoms with Crippen LogP contribution in [0.25, 0.3) is 0 Å². The van der Waals surface area contributed by atoms with Gasteiger partial charge in [-0.1, -0.05) is 19.9 Å². The van der Waals surface area contributed by atoms with Crippen molar-refractivity contribution in [1.82, 2.24) is 9.78 Å². The fraction of sp³-hybridized carbons (Fsp3) is 0.438. The minimum Gasteiger partial charge on any atom is -0.383 e. The molecule has 1 heterocycles. The average molecular weight is 294 g/mol. The van der Waals surface area contributed by atoms with Crippen molar-refractivity contribution >= 4 is 0 Å². The van der Waals surface area contributed by atoms with Crippen LogP contribution in [-0.4, -0.2) is 14.9 Å². The Hall–Kier alpha value is -1.75. The van der Waals surface area contributed by atoms with Gasteiger partial charge in [0.25, 0.3) is 0 Å². The first-order valence-corrected chi connectivity index (χ1v) is 7.03. The maximum Gasteiger partial charge on any atom is 0.132 e. The fourth-order valence-electron chi connectivity index (χ4n) is 2.69. The molecule has 0 saturated heterocycles. The van der Waals surface area contributed by atoms with Crippen molar-refractivity contribution in [1.29, 1.82) is 0 Å². The molecule has 2 atom stereocenters. The second-order valence-electron chi connectivity index (χ2n) is 5.39. The minimum atomic E-state index is -1.15. The Morgan fingerprint density at radius 3 is 2.57 bits per heavy atom. The molecule has 2 aromatic rings. The standard InChI is InChI=1S/C16H20F2N2O/c1-5-9(2)15-14(10(3)19-20(15)4)16(21)12-7-6-11(17)8-13(12)18/h6-9,16,21H,5H2,1-4H3. The Kier molecular flexibility index (Phi) is 4.42. The third-order valence-corrected chi connectivity index (χ3v) is 3.92. The van der Waals surface area contributed by atoms with Crippen LogP contribution >= 0.6 is 0 Å². The molecule has 0 aliphatic rings. The normalized spacial score (nSPS) is 14.2. The van der Waals surface area contributed by atoms with E-state index in [1.807, 2.05) is 20.9 Å². The SMILES string of the molecule is CCC(C)c1c(C(O)c2ccc(F)cc2F)c(C)nn1C. The van der Waals surface area contributed by atoms with Crippen LogP contribution in [-0.2, 0) is 7.05 Å². The number of rotatable bonds is 4. The summed E-state index contributed by atoms with van der Waals surface area (Å²) in [5, 5.41) is 14.9. The van der Waals surface area contributed by atoms with Gasteiger partial charge < -0.3 is 5.11 Å². The van der Waals surface area contributed by atoms with Gasteiger partial charge in [-0.25, -0.2) is 8.78 Å². The number of aliphatic hydroxyl groups excluding tert-OH is 1. The van der Waals surface area contributed by atoms with E-state index < -0.39 is 17.7 Å². The first kappa shape index (κ1) is 15.6. The summed E-state index contributed by atoms with van der Waals surface area (Å²) >= 11 is 0. The van der Waals surface area contributed by atoms with Crippen molar-refractivity contribution in [3.05, 3.63) is 52.3 Å². The van der Waals surface area contributed by atoms with E-state index >= 15 is 0 Å². The second kappa shape index (κ2) is 5.93. The number of nitrogens with zero attached hydrogens (tertiary/aromatic N) is 2. The molecule has 0 spiro atoms. The van der Waals surface area contributed by atoms with Crippen molar-refractivity contribution in [3.8, 4) is 0 Å². The van der Waals surface area contributed by atoms with Crippen LogP contribution in [0.15, 0.2) is 18.2 Å². The Labute approximate surface area is 123 Å². The summed E-state index contributed by atoms with van der Waals surface area (Å²) in [7, 11) is 1.81. The van der Waals surface area contributed by atoms with E-state index in [4.69, 9.17) is 0 Å². The van der Waals surface area contributed by atoms with E-state index in [1.165, 1.54) is 6.07 Å². The number of aryl methyl sites for hydroxylation is 2. The molecule has 5 heteroatoms. The second-order valence-corrected chi connectivity index (χ2v) is 5.39. The molecule has 2 rings (SSSR count). The van der Waals surface area contributed by atoms with Crippen LogP contribution in [0.2, 0.25) is 0 Å². The third-order valence-electron chi connectivity index (χ3n) is 3.92. The smallest absolute Gasteiger partial charge is 0.132 e. The van der Waals surface area contributed by atoms with E-state index in [0.717, 1.165) is 24.2 Å². The topological polar surface area (TPSA) is 38.1 Å². The predicted molar refractivity (Wildman–Crippen MR) is 77.1 cm³/mol. The van der Waals surface area contributed by atoms with Crippen LogP contribution in [0.4, 0.5) is 8.78 Å². The molecule has 0 saturated carbocycles. The molecule has 2 unspecified atom stereocenters. The quantitative estimate of drug-likeness (QED) is 0.935. The van der Waals surface area contributed by atoms with E-state index in [2.05, 4.69) is 5.10 Å². The number of aliphatic hydroxyl groups is 1. The van der Waals surface area contributed by atoms with Gasteiger partial charge >= 0.3 is 0 Å². The summed E-state index contributed by atoms with van der Waals surface area (Å²) in [4.78, 5) is 0. The molecule has 0 fully saturated rings. The molecule has 0 aliphatic carbocycles. The van der Waals surface area contributed by atoms with Gasteiger partial charge in [0.1, 0.15) is 17.7 Å². The van der Waals surface area contributed by atoms with Crippen LogP contribution in [0.1, 0.15) is 54.8 Å². The van der Waals surface area contributed by atoms with Crippen LogP contribution in [0, 0.1) is 18.6 Å². The van der Waals surface area contributed by atoms with Crippen molar-refractivity contribution in [2.45, 2.75) is 39.2 Å². The van der Waals surface area contributed by atoms with Gasteiger partial charge in [0.15, 0.2) is 0 Å². The van der Waals surface area contributed by atoms with Crippen molar-refractivity contribution < 1.29 is 13.9 Å². The predicted octanol–water partition coefficient (Wildman–Crippen LogP) is 3.60. The van der Waals surface area contributed by atoms with Gasteiger partial charge in [-0.05, 0) is 25.3 Å². The first-order chi connectivity index (χ1) is 9.86. The molecule has 114 valence electrons. The molecule has 1 aromatic heterocycles. The zero-order valence-electron chi connectivity index (χ0n) is 12.7. The van der Waals surface area contributed by atoms with Gasteiger partial charge in [0.05, 0.1) is 5.69 Å². The highest BCUT2D eigenvalue weighted by Gasteiger charge is 2.26. The monoisotopic (exact) mass is 294 g/mol.